The quantitative estimate of drug-likeness (QED) is 0.612. The molecule has 1 aromatic heterocycles. The molecule has 1 aliphatic heterocycles. The summed E-state index contributed by atoms with van der Waals surface area (Å²) in [6.07, 6.45) is 2.46. The van der Waals surface area contributed by atoms with E-state index in [-0.39, 0.29) is 0 Å². The molecular weight excluding hydrogens is 214 g/mol. The minimum Gasteiger partial charge on any atom is -0.356 e. The van der Waals surface area contributed by atoms with Crippen LogP contribution in [0.3, 0.4) is 0 Å². The highest BCUT2D eigenvalue weighted by Crippen LogP contribution is 2.30. The molecule has 0 bridgehead atoms. The van der Waals surface area contributed by atoms with Crippen LogP contribution in [-0.2, 0) is 6.42 Å². The standard InChI is InChI=1S/C12H21N5/c1-4-10-11(16-13)14-7-15-12(10)17-5-8(2)9(3)6-17/h7-9H,4-6,13H2,1-3H3,(H,14,15,16). The Morgan fingerprint density at radius 3 is 2.53 bits per heavy atom. The molecule has 0 radical (unpaired) electrons. The summed E-state index contributed by atoms with van der Waals surface area (Å²) in [5.41, 5.74) is 3.76. The number of nitrogen functional groups attached to an aromatic ring is 1. The zero-order chi connectivity index (χ0) is 12.4. The first-order valence-electron chi connectivity index (χ1n) is 6.22. The minimum absolute atomic E-state index is 0.712. The Morgan fingerprint density at radius 2 is 2.00 bits per heavy atom. The van der Waals surface area contributed by atoms with Crippen LogP contribution in [0.4, 0.5) is 11.6 Å². The predicted octanol–water partition coefficient (Wildman–Crippen LogP) is 1.42. The largest absolute Gasteiger partial charge is 0.356 e. The van der Waals surface area contributed by atoms with Gasteiger partial charge in [0.1, 0.15) is 18.0 Å². The van der Waals surface area contributed by atoms with Gasteiger partial charge in [-0.2, -0.15) is 0 Å². The monoisotopic (exact) mass is 235 g/mol. The van der Waals surface area contributed by atoms with Gasteiger partial charge < -0.3 is 10.3 Å². The van der Waals surface area contributed by atoms with Crippen molar-refractivity contribution in [3.8, 4) is 0 Å². The maximum absolute atomic E-state index is 5.49. The summed E-state index contributed by atoms with van der Waals surface area (Å²) < 4.78 is 0. The van der Waals surface area contributed by atoms with E-state index in [4.69, 9.17) is 5.84 Å². The Kier molecular flexibility index (Phi) is 3.47. The van der Waals surface area contributed by atoms with Crippen molar-refractivity contribution in [2.45, 2.75) is 27.2 Å². The van der Waals surface area contributed by atoms with E-state index in [1.165, 1.54) is 0 Å². The number of nitrogens with one attached hydrogen (secondary N) is 1. The highest BCUT2D eigenvalue weighted by Gasteiger charge is 2.28. The molecule has 0 spiro atoms. The van der Waals surface area contributed by atoms with E-state index in [9.17, 15) is 0 Å². The molecule has 3 N–H and O–H groups in total. The van der Waals surface area contributed by atoms with E-state index in [1.807, 2.05) is 0 Å². The summed E-state index contributed by atoms with van der Waals surface area (Å²) in [5, 5.41) is 0. The molecule has 5 nitrogen and oxygen atoms in total. The zero-order valence-corrected chi connectivity index (χ0v) is 10.8. The van der Waals surface area contributed by atoms with Crippen LogP contribution in [0.2, 0.25) is 0 Å². The van der Waals surface area contributed by atoms with Crippen molar-refractivity contribution in [2.75, 3.05) is 23.4 Å². The second-order valence-electron chi connectivity index (χ2n) is 4.88. The number of nitrogens with two attached hydrogens (primary N) is 1. The number of rotatable bonds is 3. The maximum atomic E-state index is 5.49. The lowest BCUT2D eigenvalue weighted by Crippen LogP contribution is -2.24. The normalized spacial score (nSPS) is 24.1. The molecule has 1 aromatic rings. The summed E-state index contributed by atoms with van der Waals surface area (Å²) in [6.45, 7) is 8.81. The van der Waals surface area contributed by atoms with Crippen LogP contribution < -0.4 is 16.2 Å². The third-order valence-electron chi connectivity index (χ3n) is 3.70. The summed E-state index contributed by atoms with van der Waals surface area (Å²) in [6, 6.07) is 0. The van der Waals surface area contributed by atoms with Crippen molar-refractivity contribution in [2.24, 2.45) is 17.7 Å². The van der Waals surface area contributed by atoms with Crippen molar-refractivity contribution in [1.29, 1.82) is 0 Å². The molecule has 0 aliphatic carbocycles. The lowest BCUT2D eigenvalue weighted by molar-refractivity contribution is 0.494. The van der Waals surface area contributed by atoms with Crippen molar-refractivity contribution < 1.29 is 0 Å². The van der Waals surface area contributed by atoms with Crippen molar-refractivity contribution in [3.05, 3.63) is 11.9 Å². The lowest BCUT2D eigenvalue weighted by atomic mass is 10.0. The van der Waals surface area contributed by atoms with Crippen LogP contribution in [-0.4, -0.2) is 23.1 Å². The van der Waals surface area contributed by atoms with Gasteiger partial charge in [0, 0.05) is 18.7 Å². The molecule has 2 heterocycles. The number of hydrazine groups is 1. The molecule has 1 saturated heterocycles. The first-order valence-corrected chi connectivity index (χ1v) is 6.22. The topological polar surface area (TPSA) is 67.1 Å². The second kappa shape index (κ2) is 4.87. The number of aromatic nitrogens is 2. The van der Waals surface area contributed by atoms with Gasteiger partial charge in [-0.05, 0) is 18.3 Å². The molecule has 17 heavy (non-hydrogen) atoms. The molecule has 2 atom stereocenters. The number of hydrogen-bond acceptors (Lipinski definition) is 5. The first kappa shape index (κ1) is 12.1. The van der Waals surface area contributed by atoms with E-state index >= 15 is 0 Å². The Hall–Kier alpha value is -1.36. The predicted molar refractivity (Wildman–Crippen MR) is 69.8 cm³/mol. The van der Waals surface area contributed by atoms with Crippen LogP contribution in [0, 0.1) is 11.8 Å². The molecule has 2 unspecified atom stereocenters. The van der Waals surface area contributed by atoms with E-state index < -0.39 is 0 Å². The van der Waals surface area contributed by atoms with E-state index in [0.29, 0.717) is 11.8 Å². The van der Waals surface area contributed by atoms with Gasteiger partial charge in [0.25, 0.3) is 0 Å². The second-order valence-corrected chi connectivity index (χ2v) is 4.88. The van der Waals surface area contributed by atoms with Crippen LogP contribution in [0.1, 0.15) is 26.3 Å². The first-order chi connectivity index (χ1) is 8.17. The molecule has 0 amide bonds. The average molecular weight is 235 g/mol. The molecule has 1 fully saturated rings. The molecule has 94 valence electrons. The smallest absolute Gasteiger partial charge is 0.148 e. The molecular formula is C12H21N5. The SMILES string of the molecule is CCc1c(NN)ncnc1N1CC(C)C(C)C1. The third kappa shape index (κ3) is 2.20. The van der Waals surface area contributed by atoms with E-state index in [1.54, 1.807) is 6.33 Å². The average Bonchev–Trinajstić information content (AvgIpc) is 2.68. The van der Waals surface area contributed by atoms with Gasteiger partial charge >= 0.3 is 0 Å². The van der Waals surface area contributed by atoms with Gasteiger partial charge in [0.2, 0.25) is 0 Å². The molecule has 2 rings (SSSR count). The summed E-state index contributed by atoms with van der Waals surface area (Å²) in [5.74, 6) is 8.69. The fourth-order valence-electron chi connectivity index (χ4n) is 2.43. The van der Waals surface area contributed by atoms with Crippen LogP contribution in [0.5, 0.6) is 0 Å². The van der Waals surface area contributed by atoms with Crippen LogP contribution >= 0.6 is 0 Å². The van der Waals surface area contributed by atoms with Gasteiger partial charge in [0.15, 0.2) is 0 Å². The van der Waals surface area contributed by atoms with E-state index in [0.717, 1.165) is 36.7 Å². The maximum Gasteiger partial charge on any atom is 0.148 e. The Bertz CT molecular complexity index is 382. The van der Waals surface area contributed by atoms with Crippen molar-refractivity contribution in [3.63, 3.8) is 0 Å². The third-order valence-corrected chi connectivity index (χ3v) is 3.70. The van der Waals surface area contributed by atoms with Gasteiger partial charge in [0.05, 0.1) is 0 Å². The molecule has 5 heteroatoms. The van der Waals surface area contributed by atoms with Gasteiger partial charge in [-0.15, -0.1) is 0 Å². The summed E-state index contributed by atoms with van der Waals surface area (Å²) >= 11 is 0. The Balaban J connectivity index is 2.32. The van der Waals surface area contributed by atoms with Crippen LogP contribution in [0.15, 0.2) is 6.33 Å². The van der Waals surface area contributed by atoms with E-state index in [2.05, 4.69) is 41.1 Å². The highest BCUT2D eigenvalue weighted by molar-refractivity contribution is 5.58. The summed E-state index contributed by atoms with van der Waals surface area (Å²) in [4.78, 5) is 10.9. The van der Waals surface area contributed by atoms with Gasteiger partial charge in [-0.3, -0.25) is 0 Å². The number of nitrogens with zero attached hydrogens (tertiary/aromatic N) is 3. The molecule has 0 saturated carbocycles. The molecule has 1 aliphatic rings. The Labute approximate surface area is 102 Å². The Morgan fingerprint density at radius 1 is 1.35 bits per heavy atom. The zero-order valence-electron chi connectivity index (χ0n) is 10.8. The van der Waals surface area contributed by atoms with Gasteiger partial charge in [-0.1, -0.05) is 20.8 Å². The van der Waals surface area contributed by atoms with Crippen LogP contribution in [0.25, 0.3) is 0 Å². The van der Waals surface area contributed by atoms with Crippen molar-refractivity contribution >= 4 is 11.6 Å². The number of anilines is 2. The van der Waals surface area contributed by atoms with Crippen molar-refractivity contribution in [1.82, 2.24) is 9.97 Å². The van der Waals surface area contributed by atoms with Gasteiger partial charge in [-0.25, -0.2) is 15.8 Å². The minimum atomic E-state index is 0.712. The summed E-state index contributed by atoms with van der Waals surface area (Å²) in [7, 11) is 0. The lowest BCUT2D eigenvalue weighted by Gasteiger charge is -2.21. The highest BCUT2D eigenvalue weighted by atomic mass is 15.3. The fourth-order valence-corrected chi connectivity index (χ4v) is 2.43. The fraction of sp³-hybridized carbons (Fsp3) is 0.667. The molecule has 0 aromatic carbocycles. The number of hydrogen-bond donors (Lipinski definition) is 2.